The highest BCUT2D eigenvalue weighted by molar-refractivity contribution is 7.26. The minimum Gasteiger partial charge on any atom is -0.229 e. The summed E-state index contributed by atoms with van der Waals surface area (Å²) in [6.07, 6.45) is 2.74. The van der Waals surface area contributed by atoms with Gasteiger partial charge in [0.1, 0.15) is 0 Å². The van der Waals surface area contributed by atoms with E-state index in [4.69, 9.17) is 16.6 Å². The largest absolute Gasteiger partial charge is 0.229 e. The van der Waals surface area contributed by atoms with Crippen LogP contribution in [0.3, 0.4) is 0 Å². The monoisotopic (exact) mass is 1020 g/mol. The molecule has 1 aliphatic rings. The second-order valence-electron chi connectivity index (χ2n) is 20.5. The summed E-state index contributed by atoms with van der Waals surface area (Å²) >= 11 is 3.62. The molecule has 13 aromatic rings. The highest BCUT2D eigenvalue weighted by Crippen LogP contribution is 2.47. The number of aliphatic imine (C=N–C) groups is 2. The predicted octanol–water partition coefficient (Wildman–Crippen LogP) is 20.3. The van der Waals surface area contributed by atoms with Crippen molar-refractivity contribution in [2.45, 2.75) is 32.1 Å². The summed E-state index contributed by atoms with van der Waals surface area (Å²) in [4.78, 5) is 11.5. The molecule has 2 heterocycles. The van der Waals surface area contributed by atoms with Crippen molar-refractivity contribution in [3.63, 3.8) is 0 Å². The van der Waals surface area contributed by atoms with Gasteiger partial charge in [-0.15, -0.1) is 22.7 Å². The van der Waals surface area contributed by atoms with Crippen LogP contribution in [-0.4, -0.2) is 11.5 Å². The third kappa shape index (κ3) is 8.07. The number of nitrogens with zero attached hydrogens (tertiary/aromatic N) is 2. The second-order valence-corrected chi connectivity index (χ2v) is 22.6. The van der Waals surface area contributed by atoms with Crippen LogP contribution in [0.15, 0.2) is 254 Å². The lowest BCUT2D eigenvalue weighted by molar-refractivity contribution is 0.792. The molecule has 0 fully saturated rings. The SMILES string of the molecule is C=C/C(=N\C(=N/C(=C)c1cccc2c1sc1ccccc12)c1cccc2c1CC(c1ccccc1)c1ccccc1-2)c1cc2sc3ccccc3c2cc1C(C)c1cc2ccccc2cc1-c1cc2ccccc2cc1C. The van der Waals surface area contributed by atoms with E-state index in [0.29, 0.717) is 11.5 Å². The standard InChI is InChI=1S/C73H52N2S2/c1-5-68(66-43-71-67(57-30-16-17-35-69(57)76-71)41-62(66)45(3)61-39-50-25-11-12-26-51(50)40-64(61)60-38-49-24-10-9-23-48(49)37-44(60)2)75-73(74-46(4)52-31-19-33-58-56-29-15-18-36-70(56)77-72(52)58)59-34-20-32-55-53-27-13-14-28-54(53)63(42-65(55)59)47-21-7-6-8-22-47/h5-41,43,45,63H,1,4,42H2,2-3H3/b74-73-,75-68+. The third-order valence-electron chi connectivity index (χ3n) is 16.1. The number of amidine groups is 1. The van der Waals surface area contributed by atoms with Crippen LogP contribution >= 0.6 is 22.7 Å². The number of hydrogen-bond acceptors (Lipinski definition) is 3. The highest BCUT2D eigenvalue weighted by atomic mass is 32.1. The fourth-order valence-corrected chi connectivity index (χ4v) is 14.6. The molecule has 0 saturated carbocycles. The molecule has 2 aromatic heterocycles. The van der Waals surface area contributed by atoms with E-state index in [1.807, 2.05) is 17.4 Å². The average Bonchev–Trinajstić information content (AvgIpc) is 4.11. The Bertz CT molecular complexity index is 4620. The highest BCUT2D eigenvalue weighted by Gasteiger charge is 2.30. The van der Waals surface area contributed by atoms with Gasteiger partial charge in [0.15, 0.2) is 5.84 Å². The van der Waals surface area contributed by atoms with Gasteiger partial charge in [-0.25, -0.2) is 9.98 Å². The van der Waals surface area contributed by atoms with E-state index in [1.54, 1.807) is 11.3 Å². The van der Waals surface area contributed by atoms with Gasteiger partial charge in [0, 0.05) is 68.9 Å². The molecule has 0 spiro atoms. The first-order valence-corrected chi connectivity index (χ1v) is 28.1. The molecular weight excluding hydrogens is 969 g/mol. The minimum atomic E-state index is -0.0720. The smallest absolute Gasteiger partial charge is 0.160 e. The Morgan fingerprint density at radius 3 is 1.86 bits per heavy atom. The van der Waals surface area contributed by atoms with Crippen LogP contribution in [0.1, 0.15) is 68.8 Å². The van der Waals surface area contributed by atoms with Gasteiger partial charge >= 0.3 is 0 Å². The van der Waals surface area contributed by atoms with Crippen molar-refractivity contribution in [2.24, 2.45) is 9.98 Å². The Kier molecular flexibility index (Phi) is 11.6. The van der Waals surface area contributed by atoms with Crippen LogP contribution in [-0.2, 0) is 6.42 Å². The summed E-state index contributed by atoms with van der Waals surface area (Å²) in [6, 6.07) is 82.3. The predicted molar refractivity (Wildman–Crippen MR) is 334 cm³/mol. The van der Waals surface area contributed by atoms with E-state index in [1.165, 1.54) is 118 Å². The van der Waals surface area contributed by atoms with E-state index in [9.17, 15) is 0 Å². The maximum Gasteiger partial charge on any atom is 0.160 e. The van der Waals surface area contributed by atoms with Gasteiger partial charge < -0.3 is 0 Å². The number of benzene rings is 11. The summed E-state index contributed by atoms with van der Waals surface area (Å²) in [5.74, 6) is 0.683. The van der Waals surface area contributed by atoms with Crippen molar-refractivity contribution in [1.82, 2.24) is 0 Å². The topological polar surface area (TPSA) is 24.7 Å². The molecule has 0 N–H and O–H groups in total. The number of allylic oxidation sites excluding steroid dienone is 1. The van der Waals surface area contributed by atoms with Gasteiger partial charge in [0.05, 0.1) is 11.4 Å². The van der Waals surface area contributed by atoms with Crippen LogP contribution in [0.25, 0.3) is 89.8 Å². The summed E-state index contributed by atoms with van der Waals surface area (Å²) in [5.41, 5.74) is 16.9. The van der Waals surface area contributed by atoms with Crippen LogP contribution in [0, 0.1) is 6.92 Å². The van der Waals surface area contributed by atoms with E-state index in [0.717, 1.165) is 28.8 Å². The lowest BCUT2D eigenvalue weighted by Gasteiger charge is -2.30. The summed E-state index contributed by atoms with van der Waals surface area (Å²) in [6.45, 7) is 14.0. The van der Waals surface area contributed by atoms with Crippen LogP contribution in [0.4, 0.5) is 0 Å². The molecule has 0 bridgehead atoms. The molecular formula is C73H52N2S2. The quantitative estimate of drug-likeness (QED) is 0.102. The van der Waals surface area contributed by atoms with E-state index >= 15 is 0 Å². The van der Waals surface area contributed by atoms with Gasteiger partial charge in [-0.3, -0.25) is 0 Å². The molecule has 0 saturated heterocycles. The molecule has 0 radical (unpaired) electrons. The summed E-state index contributed by atoms with van der Waals surface area (Å²) in [5, 5.41) is 9.84. The van der Waals surface area contributed by atoms with Crippen LogP contribution in [0.5, 0.6) is 0 Å². The lowest BCUT2D eigenvalue weighted by atomic mass is 9.74. The number of thiophene rings is 2. The minimum absolute atomic E-state index is 0.0720. The normalized spacial score (nSPS) is 14.1. The van der Waals surface area contributed by atoms with E-state index in [2.05, 4.69) is 245 Å². The first-order valence-electron chi connectivity index (χ1n) is 26.5. The number of fused-ring (bicyclic) bond motifs is 11. The van der Waals surface area contributed by atoms with Crippen molar-refractivity contribution >= 4 is 102 Å². The molecule has 4 heteroatoms. The summed E-state index contributed by atoms with van der Waals surface area (Å²) < 4.78 is 4.87. The summed E-state index contributed by atoms with van der Waals surface area (Å²) in [7, 11) is 0. The fourth-order valence-electron chi connectivity index (χ4n) is 12.3. The maximum absolute atomic E-state index is 5.86. The van der Waals surface area contributed by atoms with Gasteiger partial charge in [0.25, 0.3) is 0 Å². The molecule has 366 valence electrons. The number of rotatable bonds is 9. The molecule has 2 unspecified atom stereocenters. The Balaban J connectivity index is 1.01. The number of aryl methyl sites for hydroxylation is 1. The van der Waals surface area contributed by atoms with Crippen molar-refractivity contribution in [3.8, 4) is 22.3 Å². The van der Waals surface area contributed by atoms with E-state index in [-0.39, 0.29) is 11.8 Å². The van der Waals surface area contributed by atoms with E-state index < -0.39 is 0 Å². The molecule has 2 nitrogen and oxygen atoms in total. The van der Waals surface area contributed by atoms with Crippen molar-refractivity contribution in [2.75, 3.05) is 0 Å². The average molecular weight is 1020 g/mol. The van der Waals surface area contributed by atoms with Crippen molar-refractivity contribution in [3.05, 3.63) is 294 Å². The third-order valence-corrected chi connectivity index (χ3v) is 18.4. The Labute approximate surface area is 457 Å². The zero-order valence-corrected chi connectivity index (χ0v) is 44.6. The first-order chi connectivity index (χ1) is 37.9. The van der Waals surface area contributed by atoms with Gasteiger partial charge in [-0.05, 0) is 139 Å². The zero-order chi connectivity index (χ0) is 51.7. The molecule has 11 aromatic carbocycles. The molecule has 77 heavy (non-hydrogen) atoms. The molecule has 1 aliphatic carbocycles. The Hall–Kier alpha value is -8.80. The maximum atomic E-state index is 5.86. The molecule has 0 amide bonds. The molecule has 0 aliphatic heterocycles. The van der Waals surface area contributed by atoms with Crippen molar-refractivity contribution < 1.29 is 0 Å². The molecule has 14 rings (SSSR count). The Morgan fingerprint density at radius 2 is 1.09 bits per heavy atom. The second kappa shape index (κ2) is 19.1. The van der Waals surface area contributed by atoms with Gasteiger partial charge in [-0.1, -0.05) is 202 Å². The van der Waals surface area contributed by atoms with Crippen LogP contribution in [0.2, 0.25) is 0 Å². The molecule has 2 atom stereocenters. The van der Waals surface area contributed by atoms with Crippen LogP contribution < -0.4 is 0 Å². The van der Waals surface area contributed by atoms with Crippen molar-refractivity contribution in [1.29, 1.82) is 0 Å². The lowest BCUT2D eigenvalue weighted by Crippen LogP contribution is -2.17. The zero-order valence-electron chi connectivity index (χ0n) is 42.9. The Morgan fingerprint density at radius 1 is 0.494 bits per heavy atom. The van der Waals surface area contributed by atoms with Gasteiger partial charge in [0.2, 0.25) is 0 Å². The fraction of sp³-hybridized carbons (Fsp3) is 0.0685. The first kappa shape index (κ1) is 46.7. The van der Waals surface area contributed by atoms with Gasteiger partial charge in [-0.2, -0.15) is 0 Å². The number of hydrogen-bond donors (Lipinski definition) is 0.